The van der Waals surface area contributed by atoms with Crippen molar-refractivity contribution in [2.75, 3.05) is 0 Å². The Labute approximate surface area is 103 Å². The number of nitrogens with zero attached hydrogens (tertiary/aromatic N) is 3. The van der Waals surface area contributed by atoms with Gasteiger partial charge in [0.05, 0.1) is 11.2 Å². The lowest BCUT2D eigenvalue weighted by atomic mass is 9.83. The molecule has 3 aromatic rings. The molecule has 5 nitrogen and oxygen atoms in total. The standard InChI is InChI=1S/C12H10BN3O2/c17-13(18)10-7-15-16(8-10)11-3-4-12-9(6-11)2-1-5-14-12/h1-8,17-18H. The molecule has 6 heteroatoms. The average molecular weight is 239 g/mol. The van der Waals surface area contributed by atoms with E-state index in [2.05, 4.69) is 10.1 Å². The van der Waals surface area contributed by atoms with Gasteiger partial charge in [-0.2, -0.15) is 5.10 Å². The summed E-state index contributed by atoms with van der Waals surface area (Å²) in [5, 5.41) is 23.2. The minimum Gasteiger partial charge on any atom is -0.423 e. The molecule has 0 amide bonds. The summed E-state index contributed by atoms with van der Waals surface area (Å²) >= 11 is 0. The molecule has 3 rings (SSSR count). The first kappa shape index (κ1) is 10.9. The summed E-state index contributed by atoms with van der Waals surface area (Å²) in [7, 11) is -1.50. The minimum atomic E-state index is -1.50. The van der Waals surface area contributed by atoms with Crippen molar-refractivity contribution in [2.24, 2.45) is 0 Å². The molecule has 2 N–H and O–H groups in total. The Morgan fingerprint density at radius 1 is 1.17 bits per heavy atom. The molecule has 0 saturated carbocycles. The van der Waals surface area contributed by atoms with Gasteiger partial charge in [0.15, 0.2) is 0 Å². The Hall–Kier alpha value is -2.18. The summed E-state index contributed by atoms with van der Waals surface area (Å²) in [5.74, 6) is 0. The molecule has 1 aromatic carbocycles. The summed E-state index contributed by atoms with van der Waals surface area (Å²) in [4.78, 5) is 4.24. The number of aromatic nitrogens is 3. The van der Waals surface area contributed by atoms with Crippen LogP contribution in [0, 0.1) is 0 Å². The van der Waals surface area contributed by atoms with Crippen LogP contribution in [0.25, 0.3) is 16.6 Å². The zero-order valence-electron chi connectivity index (χ0n) is 9.43. The molecule has 0 aliphatic rings. The van der Waals surface area contributed by atoms with E-state index in [1.807, 2.05) is 30.3 Å². The molecule has 88 valence electrons. The number of benzene rings is 1. The van der Waals surface area contributed by atoms with Gasteiger partial charge in [0.25, 0.3) is 0 Å². The summed E-state index contributed by atoms with van der Waals surface area (Å²) in [6.07, 6.45) is 4.76. The monoisotopic (exact) mass is 239 g/mol. The van der Waals surface area contributed by atoms with Gasteiger partial charge in [-0.3, -0.25) is 4.98 Å². The van der Waals surface area contributed by atoms with Crippen LogP contribution in [0.2, 0.25) is 0 Å². The molecule has 0 radical (unpaired) electrons. The van der Waals surface area contributed by atoms with Crippen molar-refractivity contribution < 1.29 is 10.0 Å². The maximum atomic E-state index is 9.05. The van der Waals surface area contributed by atoms with Crippen molar-refractivity contribution in [3.63, 3.8) is 0 Å². The van der Waals surface area contributed by atoms with Crippen LogP contribution < -0.4 is 5.46 Å². The van der Waals surface area contributed by atoms with Crippen molar-refractivity contribution in [1.29, 1.82) is 0 Å². The van der Waals surface area contributed by atoms with E-state index in [0.717, 1.165) is 16.6 Å². The van der Waals surface area contributed by atoms with Crippen LogP contribution in [0.4, 0.5) is 0 Å². The lowest BCUT2D eigenvalue weighted by Gasteiger charge is -2.03. The van der Waals surface area contributed by atoms with Crippen LogP contribution in [-0.4, -0.2) is 31.9 Å². The molecule has 0 bridgehead atoms. The van der Waals surface area contributed by atoms with Gasteiger partial charge in [-0.15, -0.1) is 0 Å². The minimum absolute atomic E-state index is 0.362. The quantitative estimate of drug-likeness (QED) is 0.622. The maximum Gasteiger partial charge on any atom is 0.491 e. The second-order valence-electron chi connectivity index (χ2n) is 3.97. The highest BCUT2D eigenvalue weighted by Gasteiger charge is 2.13. The fraction of sp³-hybridized carbons (Fsp3) is 0. The van der Waals surface area contributed by atoms with E-state index in [1.54, 1.807) is 17.1 Å². The summed E-state index contributed by atoms with van der Waals surface area (Å²) in [5.41, 5.74) is 2.12. The molecule has 0 spiro atoms. The zero-order valence-corrected chi connectivity index (χ0v) is 9.43. The first-order valence-electron chi connectivity index (χ1n) is 5.50. The number of hydrogen-bond acceptors (Lipinski definition) is 4. The van der Waals surface area contributed by atoms with E-state index < -0.39 is 7.12 Å². The van der Waals surface area contributed by atoms with E-state index in [0.29, 0.717) is 5.46 Å². The van der Waals surface area contributed by atoms with Crippen LogP contribution in [0.5, 0.6) is 0 Å². The van der Waals surface area contributed by atoms with Crippen molar-refractivity contribution in [2.45, 2.75) is 0 Å². The van der Waals surface area contributed by atoms with Crippen LogP contribution in [0.3, 0.4) is 0 Å². The molecular formula is C12H10BN3O2. The lowest BCUT2D eigenvalue weighted by Crippen LogP contribution is -2.28. The predicted octanol–water partition coefficient (Wildman–Crippen LogP) is 0.100. The normalized spacial score (nSPS) is 10.8. The molecule has 18 heavy (non-hydrogen) atoms. The van der Waals surface area contributed by atoms with E-state index >= 15 is 0 Å². The first-order valence-corrected chi connectivity index (χ1v) is 5.50. The summed E-state index contributed by atoms with van der Waals surface area (Å²) in [6, 6.07) is 9.58. The molecule has 2 aromatic heterocycles. The average Bonchev–Trinajstić information content (AvgIpc) is 2.88. The molecule has 0 aliphatic heterocycles. The molecule has 0 aliphatic carbocycles. The topological polar surface area (TPSA) is 71.2 Å². The Balaban J connectivity index is 2.07. The first-order chi connectivity index (χ1) is 8.74. The van der Waals surface area contributed by atoms with Gasteiger partial charge < -0.3 is 10.0 Å². The number of rotatable bonds is 2. The Morgan fingerprint density at radius 3 is 2.83 bits per heavy atom. The predicted molar refractivity (Wildman–Crippen MR) is 68.7 cm³/mol. The van der Waals surface area contributed by atoms with Crippen LogP contribution >= 0.6 is 0 Å². The summed E-state index contributed by atoms with van der Waals surface area (Å²) < 4.78 is 1.60. The molecule has 0 atom stereocenters. The third-order valence-corrected chi connectivity index (χ3v) is 2.75. The fourth-order valence-electron chi connectivity index (χ4n) is 1.82. The highest BCUT2D eigenvalue weighted by Crippen LogP contribution is 2.15. The second kappa shape index (κ2) is 4.25. The van der Waals surface area contributed by atoms with E-state index in [4.69, 9.17) is 10.0 Å². The van der Waals surface area contributed by atoms with Gasteiger partial charge in [-0.25, -0.2) is 4.68 Å². The van der Waals surface area contributed by atoms with Gasteiger partial charge in [0.2, 0.25) is 0 Å². The van der Waals surface area contributed by atoms with Crippen molar-refractivity contribution in [3.05, 3.63) is 48.9 Å². The summed E-state index contributed by atoms with van der Waals surface area (Å²) in [6.45, 7) is 0. The number of fused-ring (bicyclic) bond motifs is 1. The molecule has 0 unspecified atom stereocenters. The van der Waals surface area contributed by atoms with Gasteiger partial charge in [0, 0.05) is 29.4 Å². The Kier molecular flexibility index (Phi) is 2.58. The molecule has 2 heterocycles. The molecule has 0 fully saturated rings. The van der Waals surface area contributed by atoms with Gasteiger partial charge >= 0.3 is 7.12 Å². The third kappa shape index (κ3) is 1.87. The van der Waals surface area contributed by atoms with E-state index in [-0.39, 0.29) is 0 Å². The van der Waals surface area contributed by atoms with Gasteiger partial charge in [-0.1, -0.05) is 6.07 Å². The smallest absolute Gasteiger partial charge is 0.423 e. The van der Waals surface area contributed by atoms with E-state index in [1.165, 1.54) is 6.20 Å². The highest BCUT2D eigenvalue weighted by molar-refractivity contribution is 6.58. The highest BCUT2D eigenvalue weighted by atomic mass is 16.4. The largest absolute Gasteiger partial charge is 0.491 e. The van der Waals surface area contributed by atoms with E-state index in [9.17, 15) is 0 Å². The van der Waals surface area contributed by atoms with Crippen molar-refractivity contribution >= 4 is 23.5 Å². The fourth-order valence-corrected chi connectivity index (χ4v) is 1.82. The second-order valence-corrected chi connectivity index (χ2v) is 3.97. The Bertz CT molecular complexity index is 696. The maximum absolute atomic E-state index is 9.05. The van der Waals surface area contributed by atoms with Crippen molar-refractivity contribution in [3.8, 4) is 5.69 Å². The third-order valence-electron chi connectivity index (χ3n) is 2.75. The lowest BCUT2D eigenvalue weighted by molar-refractivity contribution is 0.426. The van der Waals surface area contributed by atoms with Crippen molar-refractivity contribution in [1.82, 2.24) is 14.8 Å². The van der Waals surface area contributed by atoms with Gasteiger partial charge in [-0.05, 0) is 24.3 Å². The SMILES string of the molecule is OB(O)c1cnn(-c2ccc3ncccc3c2)c1. The van der Waals surface area contributed by atoms with Crippen LogP contribution in [0.15, 0.2) is 48.9 Å². The zero-order chi connectivity index (χ0) is 12.5. The van der Waals surface area contributed by atoms with Crippen LogP contribution in [0.1, 0.15) is 0 Å². The molecular weight excluding hydrogens is 229 g/mol. The number of pyridine rings is 1. The molecule has 0 saturated heterocycles. The van der Waals surface area contributed by atoms with Gasteiger partial charge in [0.1, 0.15) is 0 Å². The Morgan fingerprint density at radius 2 is 2.06 bits per heavy atom. The van der Waals surface area contributed by atoms with Crippen LogP contribution in [-0.2, 0) is 0 Å². The number of hydrogen-bond donors (Lipinski definition) is 2.